The minimum atomic E-state index is -0.887. The van der Waals surface area contributed by atoms with Crippen LogP contribution < -0.4 is 4.90 Å². The molecule has 0 atom stereocenters. The summed E-state index contributed by atoms with van der Waals surface area (Å²) in [6, 6.07) is 63.4. The van der Waals surface area contributed by atoms with E-state index in [0.29, 0.717) is 0 Å². The third kappa shape index (κ3) is 6.66. The van der Waals surface area contributed by atoms with Crippen molar-refractivity contribution in [3.05, 3.63) is 215 Å². The second kappa shape index (κ2) is 15.7. The van der Waals surface area contributed by atoms with Crippen LogP contribution in [0.5, 0.6) is 0 Å². The predicted octanol–water partition coefficient (Wildman–Crippen LogP) is 13.6. The number of nitrogens with zero attached hydrogens (tertiary/aromatic N) is 3. The number of fused-ring (bicyclic) bond motifs is 2. The van der Waals surface area contributed by atoms with Crippen LogP contribution in [0.15, 0.2) is 158 Å². The van der Waals surface area contributed by atoms with Crippen molar-refractivity contribution in [1.29, 1.82) is 0 Å². The van der Waals surface area contributed by atoms with E-state index in [-0.39, 0.29) is 26.6 Å². The van der Waals surface area contributed by atoms with Gasteiger partial charge in [-0.25, -0.2) is 0 Å². The molecule has 0 saturated heterocycles. The van der Waals surface area contributed by atoms with Gasteiger partial charge in [-0.15, -0.1) is 59.7 Å². The predicted molar refractivity (Wildman–Crippen MR) is 241 cm³/mol. The van der Waals surface area contributed by atoms with Gasteiger partial charge in [-0.1, -0.05) is 142 Å². The molecule has 0 bridgehead atoms. The van der Waals surface area contributed by atoms with Gasteiger partial charge in [0.05, 0.1) is 11.4 Å². The molecule has 0 saturated carbocycles. The summed E-state index contributed by atoms with van der Waals surface area (Å²) in [5.74, 6) is 0. The maximum Gasteiger partial charge on any atom is 2.00 e. The van der Waals surface area contributed by atoms with Gasteiger partial charge in [-0.05, 0) is 95.2 Å². The fourth-order valence-corrected chi connectivity index (χ4v) is 9.41. The van der Waals surface area contributed by atoms with Crippen molar-refractivity contribution >= 4 is 11.4 Å². The average molecular weight is 945 g/mol. The number of hydrogen-bond acceptors (Lipinski definition) is 3. The fourth-order valence-electron chi connectivity index (χ4n) is 9.41. The number of hydrogen-bond donors (Lipinski definition) is 0. The van der Waals surface area contributed by atoms with Crippen molar-refractivity contribution in [2.45, 2.75) is 59.4 Å². The van der Waals surface area contributed by atoms with Gasteiger partial charge >= 0.3 is 21.1 Å². The van der Waals surface area contributed by atoms with Crippen molar-refractivity contribution in [3.63, 3.8) is 0 Å². The van der Waals surface area contributed by atoms with Crippen LogP contribution in [0.2, 0.25) is 0 Å². The number of para-hydroxylation sites is 2. The summed E-state index contributed by atoms with van der Waals surface area (Å²) < 4.78 is 0. The van der Waals surface area contributed by atoms with E-state index in [2.05, 4.69) is 211 Å². The van der Waals surface area contributed by atoms with Crippen LogP contribution in [0, 0.1) is 39.8 Å². The first kappa shape index (κ1) is 39.9. The van der Waals surface area contributed by atoms with E-state index in [9.17, 15) is 0 Å². The van der Waals surface area contributed by atoms with E-state index in [4.69, 9.17) is 9.97 Å². The maximum atomic E-state index is 5.74. The Bertz CT molecular complexity index is 2620. The molecule has 2 aromatic heterocycles. The number of aryl methyl sites for hydroxylation is 4. The van der Waals surface area contributed by atoms with E-state index in [1.54, 1.807) is 0 Å². The van der Waals surface area contributed by atoms with Gasteiger partial charge in [-0.3, -0.25) is 9.97 Å². The molecule has 0 N–H and O–H groups in total. The second-order valence-corrected chi connectivity index (χ2v) is 16.6. The Kier molecular flexibility index (Phi) is 10.6. The van der Waals surface area contributed by atoms with Gasteiger partial charge in [0.15, 0.2) is 0 Å². The quantitative estimate of drug-likeness (QED) is 0.156. The first-order valence-corrected chi connectivity index (χ1v) is 20.2. The van der Waals surface area contributed by atoms with Crippen molar-refractivity contribution in [3.8, 4) is 44.8 Å². The summed E-state index contributed by atoms with van der Waals surface area (Å²) in [7, 11) is 0. The van der Waals surface area contributed by atoms with Gasteiger partial charge in [0.1, 0.15) is 5.41 Å². The zero-order chi connectivity index (χ0) is 40.2. The molecule has 1 aliphatic heterocycles. The Morgan fingerprint density at radius 3 is 1.25 bits per heavy atom. The molecule has 4 heteroatoms. The summed E-state index contributed by atoms with van der Waals surface area (Å²) in [5.41, 5.74) is 18.5. The molecule has 9 rings (SSSR count). The Hall–Kier alpha value is -5.89. The first-order chi connectivity index (χ1) is 28.1. The molecular formula is C55H47N3Pt. The van der Waals surface area contributed by atoms with Crippen LogP contribution in [0.3, 0.4) is 0 Å². The summed E-state index contributed by atoms with van der Waals surface area (Å²) in [5, 5.41) is 0. The molecule has 0 aliphatic carbocycles. The van der Waals surface area contributed by atoms with Crippen LogP contribution in [0.1, 0.15) is 65.5 Å². The van der Waals surface area contributed by atoms with Gasteiger partial charge in [-0.2, -0.15) is 0 Å². The third-order valence-corrected chi connectivity index (χ3v) is 11.8. The minimum Gasteiger partial charge on any atom is -0.336 e. The number of benzene rings is 6. The third-order valence-electron chi connectivity index (χ3n) is 11.8. The van der Waals surface area contributed by atoms with E-state index in [0.717, 1.165) is 67.5 Å². The van der Waals surface area contributed by atoms with E-state index in [1.165, 1.54) is 33.4 Å². The SMILES string of the molecule is Cc1cccc(C)c1-c1ccc[c-]c1-c1cccc(C2(c3cccc(-c4[c-]cccc4-c4c(C)cccc4C)n3)c3ccccc3N(C(C)(C)C)c3ccccc32)n1.[Pt+2]. The Morgan fingerprint density at radius 2 is 0.847 bits per heavy atom. The van der Waals surface area contributed by atoms with Crippen molar-refractivity contribution in [2.24, 2.45) is 0 Å². The molecule has 0 spiro atoms. The molecule has 0 amide bonds. The van der Waals surface area contributed by atoms with Gasteiger partial charge in [0.2, 0.25) is 0 Å². The normalized spacial score (nSPS) is 13.0. The maximum absolute atomic E-state index is 5.74. The monoisotopic (exact) mass is 944 g/mol. The van der Waals surface area contributed by atoms with E-state index in [1.807, 2.05) is 12.1 Å². The topological polar surface area (TPSA) is 29.0 Å². The summed E-state index contributed by atoms with van der Waals surface area (Å²) >= 11 is 0. The summed E-state index contributed by atoms with van der Waals surface area (Å²) in [6.07, 6.45) is 0. The second-order valence-electron chi connectivity index (χ2n) is 16.6. The Labute approximate surface area is 364 Å². The molecule has 1 aliphatic rings. The van der Waals surface area contributed by atoms with Crippen LogP contribution in [0.25, 0.3) is 44.8 Å². The molecule has 6 aromatic carbocycles. The van der Waals surface area contributed by atoms with Crippen molar-refractivity contribution in [1.82, 2.24) is 9.97 Å². The number of rotatable bonds is 6. The van der Waals surface area contributed by atoms with E-state index < -0.39 is 5.41 Å². The molecule has 292 valence electrons. The first-order valence-electron chi connectivity index (χ1n) is 20.2. The zero-order valence-corrected chi connectivity index (χ0v) is 36.9. The van der Waals surface area contributed by atoms with Crippen LogP contribution >= 0.6 is 0 Å². The van der Waals surface area contributed by atoms with Crippen molar-refractivity contribution < 1.29 is 21.1 Å². The fraction of sp³-hybridized carbons (Fsp3) is 0.164. The summed E-state index contributed by atoms with van der Waals surface area (Å²) in [4.78, 5) is 14.0. The van der Waals surface area contributed by atoms with Crippen LogP contribution in [-0.2, 0) is 26.5 Å². The molecule has 8 aromatic rings. The van der Waals surface area contributed by atoms with Gasteiger partial charge < -0.3 is 4.90 Å². The molecule has 0 unspecified atom stereocenters. The Morgan fingerprint density at radius 1 is 0.458 bits per heavy atom. The van der Waals surface area contributed by atoms with Crippen molar-refractivity contribution in [2.75, 3.05) is 4.90 Å². The average Bonchev–Trinajstić information content (AvgIpc) is 3.22. The van der Waals surface area contributed by atoms with Crippen LogP contribution in [0.4, 0.5) is 11.4 Å². The van der Waals surface area contributed by atoms with E-state index >= 15 is 0 Å². The molecule has 0 fully saturated rings. The van der Waals surface area contributed by atoms with Gasteiger partial charge in [0.25, 0.3) is 0 Å². The molecule has 3 nitrogen and oxygen atoms in total. The molecule has 3 heterocycles. The van der Waals surface area contributed by atoms with Gasteiger partial charge in [0, 0.05) is 16.9 Å². The number of pyridine rings is 2. The Balaban J connectivity index is 0.00000484. The molecule has 59 heavy (non-hydrogen) atoms. The standard InChI is InChI=1S/C55H47N3.Pt/c1-36-20-16-21-37(2)52(36)42-26-10-8-24-40(42)46-30-18-34-50(56-46)55(44-28-12-14-32-48(44)58(54(5,6)7)49-33-15-13-29-45(49)55)51-35-19-31-47(57-51)41-25-9-11-27-43(41)53-38(3)22-17-23-39(53)4;/h8-23,26-35H,1-7H3;/q-2;+2. The summed E-state index contributed by atoms with van der Waals surface area (Å²) in [6.45, 7) is 15.6. The number of aromatic nitrogens is 2. The molecular weight excluding hydrogens is 898 g/mol. The smallest absolute Gasteiger partial charge is 0.336 e. The largest absolute Gasteiger partial charge is 2.00 e. The number of anilines is 2. The molecule has 0 radical (unpaired) electrons. The minimum absolute atomic E-state index is 0. The van der Waals surface area contributed by atoms with Crippen LogP contribution in [-0.4, -0.2) is 15.5 Å². The zero-order valence-electron chi connectivity index (χ0n) is 34.7.